The topological polar surface area (TPSA) is 66.9 Å². The van der Waals surface area contributed by atoms with E-state index in [9.17, 15) is 17.6 Å². The molecule has 27 heavy (non-hydrogen) atoms. The van der Waals surface area contributed by atoms with Crippen LogP contribution < -0.4 is 4.74 Å². The molecule has 0 atom stereocenters. The number of piperazine rings is 1. The zero-order valence-corrected chi connectivity index (χ0v) is 16.0. The summed E-state index contributed by atoms with van der Waals surface area (Å²) in [4.78, 5) is 14.5. The monoisotopic (exact) mass is 392 g/mol. The van der Waals surface area contributed by atoms with Crippen molar-refractivity contribution in [2.75, 3.05) is 33.3 Å². The molecule has 0 N–H and O–H groups in total. The summed E-state index contributed by atoms with van der Waals surface area (Å²) < 4.78 is 45.0. The molecule has 3 rings (SSSR count). The molecule has 144 valence electrons. The number of amides is 1. The van der Waals surface area contributed by atoms with Gasteiger partial charge in [-0.15, -0.1) is 0 Å². The maximum atomic E-state index is 13.0. The average Bonchev–Trinajstić information content (AvgIpc) is 2.68. The van der Waals surface area contributed by atoms with Gasteiger partial charge in [0, 0.05) is 26.2 Å². The van der Waals surface area contributed by atoms with E-state index in [1.807, 2.05) is 13.0 Å². The fourth-order valence-electron chi connectivity index (χ4n) is 3.05. The molecule has 0 spiro atoms. The van der Waals surface area contributed by atoms with Crippen LogP contribution in [0.3, 0.4) is 0 Å². The molecule has 0 bridgehead atoms. The van der Waals surface area contributed by atoms with E-state index in [1.54, 1.807) is 17.0 Å². The van der Waals surface area contributed by atoms with Gasteiger partial charge in [0.05, 0.1) is 17.6 Å². The number of hydrogen-bond donors (Lipinski definition) is 0. The lowest BCUT2D eigenvalue weighted by molar-refractivity contribution is 0.0694. The molecule has 1 aliphatic heterocycles. The first-order chi connectivity index (χ1) is 12.8. The molecule has 8 heteroatoms. The summed E-state index contributed by atoms with van der Waals surface area (Å²) in [6.07, 6.45) is 0. The van der Waals surface area contributed by atoms with Crippen LogP contribution in [0.15, 0.2) is 47.4 Å². The van der Waals surface area contributed by atoms with Gasteiger partial charge >= 0.3 is 0 Å². The van der Waals surface area contributed by atoms with Gasteiger partial charge in [-0.3, -0.25) is 4.79 Å². The minimum atomic E-state index is -3.71. The summed E-state index contributed by atoms with van der Waals surface area (Å²) in [5.41, 5.74) is 1.41. The van der Waals surface area contributed by atoms with Crippen molar-refractivity contribution in [3.8, 4) is 5.75 Å². The van der Waals surface area contributed by atoms with Gasteiger partial charge in [-0.2, -0.15) is 4.31 Å². The normalized spacial score (nSPS) is 15.6. The van der Waals surface area contributed by atoms with Gasteiger partial charge in [0.25, 0.3) is 5.91 Å². The SMILES string of the molecule is COc1ccc(C)cc1C(=O)N1CCN(S(=O)(=O)c2ccc(F)cc2)CC1. The molecule has 0 aliphatic carbocycles. The predicted molar refractivity (Wildman–Crippen MR) is 98.8 cm³/mol. The first kappa shape index (κ1) is 19.3. The minimum Gasteiger partial charge on any atom is -0.496 e. The molecule has 6 nitrogen and oxygen atoms in total. The molecule has 1 saturated heterocycles. The lowest BCUT2D eigenvalue weighted by atomic mass is 10.1. The summed E-state index contributed by atoms with van der Waals surface area (Å²) in [6, 6.07) is 10.1. The second kappa shape index (κ2) is 7.66. The molecule has 0 aromatic heterocycles. The van der Waals surface area contributed by atoms with E-state index >= 15 is 0 Å². The summed E-state index contributed by atoms with van der Waals surface area (Å²) in [7, 11) is -2.20. The van der Waals surface area contributed by atoms with Crippen molar-refractivity contribution in [3.05, 3.63) is 59.4 Å². The van der Waals surface area contributed by atoms with Crippen molar-refractivity contribution in [1.82, 2.24) is 9.21 Å². The number of carbonyl (C=O) groups excluding carboxylic acids is 1. The van der Waals surface area contributed by atoms with Gasteiger partial charge in [-0.1, -0.05) is 11.6 Å². The molecule has 1 heterocycles. The lowest BCUT2D eigenvalue weighted by Gasteiger charge is -2.34. The van der Waals surface area contributed by atoms with Crippen LogP contribution in [0, 0.1) is 12.7 Å². The molecular weight excluding hydrogens is 371 g/mol. The van der Waals surface area contributed by atoms with Crippen LogP contribution in [0.5, 0.6) is 5.75 Å². The number of nitrogens with zero attached hydrogens (tertiary/aromatic N) is 2. The van der Waals surface area contributed by atoms with Crippen molar-refractivity contribution >= 4 is 15.9 Å². The van der Waals surface area contributed by atoms with E-state index < -0.39 is 15.8 Å². The molecule has 0 saturated carbocycles. The highest BCUT2D eigenvalue weighted by Crippen LogP contribution is 2.23. The van der Waals surface area contributed by atoms with Crippen LogP contribution in [0.1, 0.15) is 15.9 Å². The van der Waals surface area contributed by atoms with Crippen molar-refractivity contribution in [1.29, 1.82) is 0 Å². The highest BCUT2D eigenvalue weighted by molar-refractivity contribution is 7.89. The molecule has 2 aromatic rings. The van der Waals surface area contributed by atoms with Crippen LogP contribution in [0.2, 0.25) is 0 Å². The Morgan fingerprint density at radius 1 is 1.04 bits per heavy atom. The largest absolute Gasteiger partial charge is 0.496 e. The second-order valence-corrected chi connectivity index (χ2v) is 8.29. The Morgan fingerprint density at radius 3 is 2.26 bits per heavy atom. The number of sulfonamides is 1. The fourth-order valence-corrected chi connectivity index (χ4v) is 4.47. The molecule has 1 aliphatic rings. The van der Waals surface area contributed by atoms with Crippen molar-refractivity contribution in [2.45, 2.75) is 11.8 Å². The predicted octanol–water partition coefficient (Wildman–Crippen LogP) is 2.29. The Kier molecular flexibility index (Phi) is 5.48. The number of rotatable bonds is 4. The second-order valence-electron chi connectivity index (χ2n) is 6.35. The van der Waals surface area contributed by atoms with E-state index in [0.29, 0.717) is 11.3 Å². The number of carbonyl (C=O) groups is 1. The number of hydrogen-bond acceptors (Lipinski definition) is 4. The van der Waals surface area contributed by atoms with Gasteiger partial charge < -0.3 is 9.64 Å². The minimum absolute atomic E-state index is 0.0454. The first-order valence-electron chi connectivity index (χ1n) is 8.52. The first-order valence-corrected chi connectivity index (χ1v) is 9.96. The number of methoxy groups -OCH3 is 1. The summed E-state index contributed by atoms with van der Waals surface area (Å²) in [5, 5.41) is 0. The molecule has 1 fully saturated rings. The van der Waals surface area contributed by atoms with Crippen molar-refractivity contribution in [3.63, 3.8) is 0 Å². The maximum Gasteiger partial charge on any atom is 0.257 e. The van der Waals surface area contributed by atoms with E-state index in [-0.39, 0.29) is 37.0 Å². The van der Waals surface area contributed by atoms with Gasteiger partial charge in [-0.05, 0) is 43.3 Å². The van der Waals surface area contributed by atoms with Crippen LogP contribution in [-0.2, 0) is 10.0 Å². The standard InChI is InChI=1S/C19H21FN2O4S/c1-14-3-8-18(26-2)17(13-14)19(23)21-9-11-22(12-10-21)27(24,25)16-6-4-15(20)5-7-16/h3-8,13H,9-12H2,1-2H3. The average molecular weight is 392 g/mol. The van der Waals surface area contributed by atoms with Crippen molar-refractivity contribution < 1.29 is 22.3 Å². The Labute approximate surface area is 158 Å². The summed E-state index contributed by atoms with van der Waals surface area (Å²) in [6.45, 7) is 2.80. The third-order valence-corrected chi connectivity index (χ3v) is 6.48. The molecule has 0 unspecified atom stereocenters. The fraction of sp³-hybridized carbons (Fsp3) is 0.316. The molecule has 1 amide bonds. The highest BCUT2D eigenvalue weighted by atomic mass is 32.2. The lowest BCUT2D eigenvalue weighted by Crippen LogP contribution is -2.50. The van der Waals surface area contributed by atoms with Crippen molar-refractivity contribution in [2.24, 2.45) is 0 Å². The third kappa shape index (κ3) is 3.96. The molecule has 2 aromatic carbocycles. The summed E-state index contributed by atoms with van der Waals surface area (Å²) in [5.74, 6) is -0.183. The van der Waals surface area contributed by atoms with Crippen LogP contribution in [-0.4, -0.2) is 56.8 Å². The molecular formula is C19H21FN2O4S. The van der Waals surface area contributed by atoms with E-state index in [1.165, 1.54) is 23.5 Å². The Balaban J connectivity index is 1.73. The van der Waals surface area contributed by atoms with E-state index in [2.05, 4.69) is 0 Å². The van der Waals surface area contributed by atoms with Crippen LogP contribution in [0.25, 0.3) is 0 Å². The third-order valence-electron chi connectivity index (χ3n) is 4.56. The Hall–Kier alpha value is -2.45. The van der Waals surface area contributed by atoms with Gasteiger partial charge in [0.1, 0.15) is 11.6 Å². The van der Waals surface area contributed by atoms with E-state index in [0.717, 1.165) is 17.7 Å². The Morgan fingerprint density at radius 2 is 1.67 bits per heavy atom. The van der Waals surface area contributed by atoms with E-state index in [4.69, 9.17) is 4.74 Å². The molecule has 0 radical (unpaired) electrons. The smallest absolute Gasteiger partial charge is 0.257 e. The number of benzene rings is 2. The number of halogens is 1. The number of aryl methyl sites for hydroxylation is 1. The maximum absolute atomic E-state index is 13.0. The Bertz CT molecular complexity index is 937. The summed E-state index contributed by atoms with van der Waals surface area (Å²) >= 11 is 0. The zero-order valence-electron chi connectivity index (χ0n) is 15.2. The zero-order chi connectivity index (χ0) is 19.6. The highest BCUT2D eigenvalue weighted by Gasteiger charge is 2.31. The van der Waals surface area contributed by atoms with Gasteiger partial charge in [-0.25, -0.2) is 12.8 Å². The van der Waals surface area contributed by atoms with Crippen LogP contribution in [0.4, 0.5) is 4.39 Å². The van der Waals surface area contributed by atoms with Crippen LogP contribution >= 0.6 is 0 Å². The van der Waals surface area contributed by atoms with Gasteiger partial charge in [0.2, 0.25) is 10.0 Å². The van der Waals surface area contributed by atoms with Gasteiger partial charge in [0.15, 0.2) is 0 Å². The number of ether oxygens (including phenoxy) is 1. The quantitative estimate of drug-likeness (QED) is 0.801.